The van der Waals surface area contributed by atoms with Crippen molar-refractivity contribution in [2.75, 3.05) is 18.4 Å². The molecule has 1 amide bonds. The van der Waals surface area contributed by atoms with Crippen LogP contribution in [0.2, 0.25) is 0 Å². The highest BCUT2D eigenvalue weighted by Gasteiger charge is 2.33. The Morgan fingerprint density at radius 2 is 2.06 bits per heavy atom. The average molecular weight is 292 g/mol. The van der Waals surface area contributed by atoms with Crippen LogP contribution in [0.25, 0.3) is 0 Å². The largest absolute Gasteiger partial charge is 0.444 e. The summed E-state index contributed by atoms with van der Waals surface area (Å²) >= 11 is 3.48. The molecule has 0 N–H and O–H groups in total. The number of carbonyl (C=O) groups excluding carboxylic acids is 1. The molecule has 0 radical (unpaired) electrons. The number of ether oxygens (including phenoxy) is 1. The number of alkyl halides is 1. The lowest BCUT2D eigenvalue weighted by Crippen LogP contribution is -2.52. The fourth-order valence-electron chi connectivity index (χ4n) is 1.83. The minimum atomic E-state index is -0.384. The molecule has 1 fully saturated rings. The van der Waals surface area contributed by atoms with Crippen molar-refractivity contribution in [2.24, 2.45) is 11.8 Å². The second-order valence-corrected chi connectivity index (χ2v) is 6.39. The number of likely N-dealkylation sites (tertiary alicyclic amines) is 1. The van der Waals surface area contributed by atoms with Crippen LogP contribution in [0.5, 0.6) is 0 Å². The van der Waals surface area contributed by atoms with Gasteiger partial charge in [0.05, 0.1) is 0 Å². The van der Waals surface area contributed by atoms with Gasteiger partial charge in [-0.2, -0.15) is 0 Å². The van der Waals surface area contributed by atoms with E-state index in [-0.39, 0.29) is 11.7 Å². The summed E-state index contributed by atoms with van der Waals surface area (Å²) in [5.41, 5.74) is -0.384. The van der Waals surface area contributed by atoms with Gasteiger partial charge in [0.1, 0.15) is 5.60 Å². The highest BCUT2D eigenvalue weighted by molar-refractivity contribution is 9.09. The molecule has 16 heavy (non-hydrogen) atoms. The maximum Gasteiger partial charge on any atom is 0.410 e. The molecule has 0 spiro atoms. The van der Waals surface area contributed by atoms with Crippen molar-refractivity contribution >= 4 is 22.0 Å². The van der Waals surface area contributed by atoms with Crippen LogP contribution in [0.4, 0.5) is 4.79 Å². The fraction of sp³-hybridized carbons (Fsp3) is 0.917. The molecule has 0 aliphatic carbocycles. The van der Waals surface area contributed by atoms with E-state index in [0.29, 0.717) is 11.8 Å². The Kier molecular flexibility index (Phi) is 4.65. The molecule has 1 atom stereocenters. The molecule has 0 bridgehead atoms. The van der Waals surface area contributed by atoms with Crippen LogP contribution in [0.1, 0.15) is 34.1 Å². The molecule has 1 aliphatic rings. The molecule has 0 aromatic carbocycles. The minimum absolute atomic E-state index is 0.171. The first kappa shape index (κ1) is 13.8. The molecule has 1 heterocycles. The topological polar surface area (TPSA) is 29.5 Å². The van der Waals surface area contributed by atoms with E-state index in [1.165, 1.54) is 6.42 Å². The quantitative estimate of drug-likeness (QED) is 0.747. The molecular weight excluding hydrogens is 270 g/mol. The smallest absolute Gasteiger partial charge is 0.410 e. The molecule has 0 saturated carbocycles. The van der Waals surface area contributed by atoms with Crippen LogP contribution in [-0.2, 0) is 4.74 Å². The molecule has 4 heteroatoms. The first-order valence-corrected chi connectivity index (χ1v) is 6.98. The Balaban J connectivity index is 2.23. The lowest BCUT2D eigenvalue weighted by Gasteiger charge is -2.40. The van der Waals surface area contributed by atoms with Crippen molar-refractivity contribution in [1.29, 1.82) is 0 Å². The Morgan fingerprint density at radius 3 is 2.50 bits per heavy atom. The van der Waals surface area contributed by atoms with Gasteiger partial charge in [0.2, 0.25) is 0 Å². The number of nitrogens with zero attached hydrogens (tertiary/aromatic N) is 1. The zero-order chi connectivity index (χ0) is 12.3. The lowest BCUT2D eigenvalue weighted by atomic mass is 9.91. The van der Waals surface area contributed by atoms with Crippen LogP contribution >= 0.6 is 15.9 Å². The first-order chi connectivity index (χ1) is 7.31. The lowest BCUT2D eigenvalue weighted by molar-refractivity contribution is -0.00370. The summed E-state index contributed by atoms with van der Waals surface area (Å²) in [6.07, 6.45) is 1.01. The van der Waals surface area contributed by atoms with E-state index in [9.17, 15) is 4.79 Å². The Bertz CT molecular complexity index is 244. The number of hydrogen-bond acceptors (Lipinski definition) is 2. The molecule has 94 valence electrons. The van der Waals surface area contributed by atoms with Crippen molar-refractivity contribution < 1.29 is 9.53 Å². The Labute approximate surface area is 107 Å². The summed E-state index contributed by atoms with van der Waals surface area (Å²) in [4.78, 5) is 13.4. The SMILES string of the molecule is CC(CBr)CC1CN(C(=O)OC(C)(C)C)C1. The number of rotatable bonds is 3. The standard InChI is InChI=1S/C12H22BrNO2/c1-9(6-13)5-10-7-14(8-10)11(15)16-12(2,3)4/h9-10H,5-8H2,1-4H3. The molecule has 1 rings (SSSR count). The van der Waals surface area contributed by atoms with Gasteiger partial charge < -0.3 is 9.64 Å². The predicted octanol–water partition coefficient (Wildman–Crippen LogP) is 3.27. The van der Waals surface area contributed by atoms with Crippen molar-refractivity contribution in [3.63, 3.8) is 0 Å². The summed E-state index contributed by atoms with van der Waals surface area (Å²) in [6.45, 7) is 9.63. The Morgan fingerprint density at radius 1 is 1.50 bits per heavy atom. The second-order valence-electron chi connectivity index (χ2n) is 5.75. The average Bonchev–Trinajstić information content (AvgIpc) is 2.06. The maximum absolute atomic E-state index is 11.6. The van der Waals surface area contributed by atoms with E-state index in [0.717, 1.165) is 18.4 Å². The zero-order valence-corrected chi connectivity index (χ0v) is 12.2. The van der Waals surface area contributed by atoms with Crippen LogP contribution in [-0.4, -0.2) is 35.0 Å². The summed E-state index contributed by atoms with van der Waals surface area (Å²) < 4.78 is 5.30. The van der Waals surface area contributed by atoms with E-state index >= 15 is 0 Å². The van der Waals surface area contributed by atoms with E-state index in [1.54, 1.807) is 4.90 Å². The molecule has 0 aromatic rings. The number of amides is 1. The minimum Gasteiger partial charge on any atom is -0.444 e. The maximum atomic E-state index is 11.6. The summed E-state index contributed by atoms with van der Waals surface area (Å²) in [7, 11) is 0. The van der Waals surface area contributed by atoms with Gasteiger partial charge in [0, 0.05) is 18.4 Å². The number of hydrogen-bond donors (Lipinski definition) is 0. The van der Waals surface area contributed by atoms with Gasteiger partial charge in [-0.05, 0) is 39.0 Å². The van der Waals surface area contributed by atoms with Crippen molar-refractivity contribution in [1.82, 2.24) is 4.90 Å². The van der Waals surface area contributed by atoms with Gasteiger partial charge in [0.25, 0.3) is 0 Å². The molecule has 1 unspecified atom stereocenters. The normalized spacial score (nSPS) is 19.2. The van der Waals surface area contributed by atoms with Crippen LogP contribution in [0, 0.1) is 11.8 Å². The molecule has 1 aliphatic heterocycles. The van der Waals surface area contributed by atoms with Crippen molar-refractivity contribution in [3.05, 3.63) is 0 Å². The van der Waals surface area contributed by atoms with Gasteiger partial charge in [0.15, 0.2) is 0 Å². The predicted molar refractivity (Wildman–Crippen MR) is 68.9 cm³/mol. The number of halogens is 1. The monoisotopic (exact) mass is 291 g/mol. The second kappa shape index (κ2) is 5.39. The summed E-state index contributed by atoms with van der Waals surface area (Å²) in [5.74, 6) is 1.34. The molecule has 3 nitrogen and oxygen atoms in total. The Hall–Kier alpha value is -0.250. The zero-order valence-electron chi connectivity index (χ0n) is 10.6. The highest BCUT2D eigenvalue weighted by Crippen LogP contribution is 2.25. The van der Waals surface area contributed by atoms with E-state index in [4.69, 9.17) is 4.74 Å². The van der Waals surface area contributed by atoms with E-state index < -0.39 is 0 Å². The van der Waals surface area contributed by atoms with Crippen LogP contribution < -0.4 is 0 Å². The van der Waals surface area contributed by atoms with Gasteiger partial charge >= 0.3 is 6.09 Å². The number of carbonyl (C=O) groups is 1. The molecule has 0 aromatic heterocycles. The summed E-state index contributed by atoms with van der Waals surface area (Å²) in [6, 6.07) is 0. The third-order valence-corrected chi connectivity index (χ3v) is 3.71. The van der Waals surface area contributed by atoms with E-state index in [1.807, 2.05) is 20.8 Å². The van der Waals surface area contributed by atoms with Gasteiger partial charge in [-0.25, -0.2) is 4.79 Å². The third kappa shape index (κ3) is 4.32. The summed E-state index contributed by atoms with van der Waals surface area (Å²) in [5, 5.41) is 1.04. The van der Waals surface area contributed by atoms with Crippen molar-refractivity contribution in [2.45, 2.75) is 39.7 Å². The first-order valence-electron chi connectivity index (χ1n) is 5.85. The fourth-order valence-corrected chi connectivity index (χ4v) is 2.09. The van der Waals surface area contributed by atoms with Crippen molar-refractivity contribution in [3.8, 4) is 0 Å². The van der Waals surface area contributed by atoms with Gasteiger partial charge in [-0.15, -0.1) is 0 Å². The van der Waals surface area contributed by atoms with Crippen LogP contribution in [0.3, 0.4) is 0 Å². The van der Waals surface area contributed by atoms with E-state index in [2.05, 4.69) is 22.9 Å². The molecule has 1 saturated heterocycles. The van der Waals surface area contributed by atoms with Gasteiger partial charge in [-0.1, -0.05) is 22.9 Å². The third-order valence-electron chi connectivity index (χ3n) is 2.61. The van der Waals surface area contributed by atoms with Crippen LogP contribution in [0.15, 0.2) is 0 Å². The van der Waals surface area contributed by atoms with Gasteiger partial charge in [-0.3, -0.25) is 0 Å². The molecular formula is C12H22BrNO2. The highest BCUT2D eigenvalue weighted by atomic mass is 79.9.